The van der Waals surface area contributed by atoms with Gasteiger partial charge in [-0.25, -0.2) is 0 Å². The zero-order chi connectivity index (χ0) is 14.5. The van der Waals surface area contributed by atoms with Gasteiger partial charge in [0, 0.05) is 32.6 Å². The quantitative estimate of drug-likeness (QED) is 0.796. The molecule has 1 fully saturated rings. The summed E-state index contributed by atoms with van der Waals surface area (Å²) in [5, 5.41) is 9.14. The number of hydrogen-bond acceptors (Lipinski definition) is 3. The maximum absolute atomic E-state index is 11.6. The van der Waals surface area contributed by atoms with E-state index in [4.69, 9.17) is 5.11 Å². The van der Waals surface area contributed by atoms with E-state index in [9.17, 15) is 9.59 Å². The normalized spacial score (nSPS) is 18.3. The topological polar surface area (TPSA) is 60.9 Å². The van der Waals surface area contributed by atoms with Crippen LogP contribution in [0, 0.1) is 0 Å². The molecule has 0 bridgehead atoms. The first-order valence-electron chi connectivity index (χ1n) is 7.00. The maximum Gasteiger partial charge on any atom is 0.305 e. The van der Waals surface area contributed by atoms with Crippen molar-refractivity contribution in [1.29, 1.82) is 0 Å². The van der Waals surface area contributed by atoms with Crippen LogP contribution >= 0.6 is 0 Å². The van der Waals surface area contributed by atoms with E-state index in [1.807, 2.05) is 7.05 Å². The molecule has 0 radical (unpaired) electrons. The number of rotatable bonds is 6. The molecule has 0 aromatic rings. The van der Waals surface area contributed by atoms with Gasteiger partial charge in [-0.1, -0.05) is 19.3 Å². The Hall–Kier alpha value is -1.10. The summed E-state index contributed by atoms with van der Waals surface area (Å²) in [6.45, 7) is 0.629. The van der Waals surface area contributed by atoms with Crippen molar-refractivity contribution in [1.82, 2.24) is 9.80 Å². The third kappa shape index (κ3) is 4.49. The summed E-state index contributed by atoms with van der Waals surface area (Å²) in [5.74, 6) is -0.652. The van der Waals surface area contributed by atoms with Gasteiger partial charge in [-0.2, -0.15) is 0 Å². The fraction of sp³-hybridized carbons (Fsp3) is 0.857. The molecule has 1 rings (SSSR count). The second-order valence-corrected chi connectivity index (χ2v) is 5.82. The Bertz CT molecular complexity index is 323. The van der Waals surface area contributed by atoms with E-state index < -0.39 is 5.97 Å². The van der Waals surface area contributed by atoms with E-state index >= 15 is 0 Å². The molecule has 0 aromatic heterocycles. The highest BCUT2D eigenvalue weighted by molar-refractivity contribution is 5.75. The van der Waals surface area contributed by atoms with Gasteiger partial charge in [-0.05, 0) is 19.9 Å². The summed E-state index contributed by atoms with van der Waals surface area (Å²) in [7, 11) is 5.45. The smallest absolute Gasteiger partial charge is 0.305 e. The van der Waals surface area contributed by atoms with Crippen LogP contribution in [0.4, 0.5) is 0 Å². The Balaban J connectivity index is 2.63. The second kappa shape index (κ2) is 6.89. The number of hydrogen-bond donors (Lipinski definition) is 1. The maximum atomic E-state index is 11.6. The van der Waals surface area contributed by atoms with Gasteiger partial charge in [0.25, 0.3) is 0 Å². The number of nitrogens with zero attached hydrogens (tertiary/aromatic N) is 2. The average molecular weight is 270 g/mol. The van der Waals surface area contributed by atoms with Crippen LogP contribution in [0.25, 0.3) is 0 Å². The first-order valence-corrected chi connectivity index (χ1v) is 7.00. The van der Waals surface area contributed by atoms with Gasteiger partial charge in [0.1, 0.15) is 0 Å². The summed E-state index contributed by atoms with van der Waals surface area (Å²) in [4.78, 5) is 26.4. The van der Waals surface area contributed by atoms with Crippen LogP contribution < -0.4 is 0 Å². The molecule has 0 aliphatic heterocycles. The minimum atomic E-state index is -0.743. The third-order valence-corrected chi connectivity index (χ3v) is 4.23. The molecule has 1 amide bonds. The fourth-order valence-electron chi connectivity index (χ4n) is 2.91. The van der Waals surface area contributed by atoms with Crippen LogP contribution in [0.5, 0.6) is 0 Å². The summed E-state index contributed by atoms with van der Waals surface area (Å²) in [6.07, 6.45) is 5.83. The van der Waals surface area contributed by atoms with Crippen LogP contribution in [0.3, 0.4) is 0 Å². The van der Waals surface area contributed by atoms with E-state index in [1.54, 1.807) is 19.0 Å². The molecular weight excluding hydrogens is 244 g/mol. The van der Waals surface area contributed by atoms with Crippen LogP contribution in [-0.2, 0) is 9.59 Å². The molecule has 110 valence electrons. The lowest BCUT2D eigenvalue weighted by atomic mass is 9.78. The molecule has 0 aromatic carbocycles. The van der Waals surface area contributed by atoms with E-state index in [0.29, 0.717) is 13.0 Å². The summed E-state index contributed by atoms with van der Waals surface area (Å²) in [5.41, 5.74) is -0.253. The Morgan fingerprint density at radius 1 is 1.11 bits per heavy atom. The molecule has 1 saturated carbocycles. The second-order valence-electron chi connectivity index (χ2n) is 5.82. The molecule has 0 unspecified atom stereocenters. The molecule has 0 spiro atoms. The van der Waals surface area contributed by atoms with Crippen LogP contribution in [0.1, 0.15) is 44.9 Å². The Kier molecular flexibility index (Phi) is 5.79. The first-order chi connectivity index (χ1) is 8.87. The molecule has 1 aliphatic carbocycles. The van der Waals surface area contributed by atoms with Gasteiger partial charge in [-0.15, -0.1) is 0 Å². The van der Waals surface area contributed by atoms with Gasteiger partial charge >= 0.3 is 5.97 Å². The molecule has 0 heterocycles. The molecule has 0 atom stereocenters. The number of amides is 1. The lowest BCUT2D eigenvalue weighted by Crippen LogP contribution is -2.50. The number of carboxylic acids is 1. The first kappa shape index (κ1) is 16.0. The van der Waals surface area contributed by atoms with Gasteiger partial charge in [0.05, 0.1) is 6.42 Å². The van der Waals surface area contributed by atoms with Gasteiger partial charge in [0.2, 0.25) is 5.91 Å². The van der Waals surface area contributed by atoms with Gasteiger partial charge in [0.15, 0.2) is 0 Å². The van der Waals surface area contributed by atoms with E-state index in [-0.39, 0.29) is 17.9 Å². The number of aliphatic carboxylic acids is 1. The van der Waals surface area contributed by atoms with Crippen molar-refractivity contribution in [3.8, 4) is 0 Å². The zero-order valence-electron chi connectivity index (χ0n) is 12.3. The molecule has 0 saturated heterocycles. The van der Waals surface area contributed by atoms with E-state index in [0.717, 1.165) is 25.7 Å². The lowest BCUT2D eigenvalue weighted by Gasteiger charge is -2.44. The molecule has 5 nitrogen and oxygen atoms in total. The molecule has 1 aliphatic rings. The van der Waals surface area contributed by atoms with Crippen molar-refractivity contribution >= 4 is 11.9 Å². The largest absolute Gasteiger partial charge is 0.481 e. The minimum Gasteiger partial charge on any atom is -0.481 e. The lowest BCUT2D eigenvalue weighted by molar-refractivity contribution is -0.141. The van der Waals surface area contributed by atoms with Crippen molar-refractivity contribution in [2.24, 2.45) is 0 Å². The minimum absolute atomic E-state index is 0.0909. The van der Waals surface area contributed by atoms with Crippen molar-refractivity contribution < 1.29 is 14.7 Å². The average Bonchev–Trinajstić information content (AvgIpc) is 2.35. The Morgan fingerprint density at radius 2 is 1.68 bits per heavy atom. The third-order valence-electron chi connectivity index (χ3n) is 4.23. The van der Waals surface area contributed by atoms with Crippen molar-refractivity contribution in [3.63, 3.8) is 0 Å². The van der Waals surface area contributed by atoms with Crippen molar-refractivity contribution in [2.75, 3.05) is 27.7 Å². The number of carboxylic acid groups (broad SMARTS) is 1. The van der Waals surface area contributed by atoms with Crippen LogP contribution in [-0.4, -0.2) is 60.0 Å². The highest BCUT2D eigenvalue weighted by Gasteiger charge is 2.37. The predicted octanol–water partition coefficient (Wildman–Crippen LogP) is 1.57. The SMILES string of the molecule is CN(C)C(=O)CCN(C)C1(CC(=O)O)CCCCC1. The number of carbonyl (C=O) groups is 2. The summed E-state index contributed by atoms with van der Waals surface area (Å²) >= 11 is 0. The standard InChI is InChI=1S/C14H26N2O3/c1-15(2)12(17)7-10-16(3)14(11-13(18)19)8-5-4-6-9-14/h4-11H2,1-3H3,(H,18,19). The van der Waals surface area contributed by atoms with E-state index in [1.165, 1.54) is 6.42 Å². The van der Waals surface area contributed by atoms with Crippen molar-refractivity contribution in [2.45, 2.75) is 50.5 Å². The van der Waals surface area contributed by atoms with Crippen LogP contribution in [0.2, 0.25) is 0 Å². The highest BCUT2D eigenvalue weighted by Crippen LogP contribution is 2.35. The molecule has 1 N–H and O–H groups in total. The Labute approximate surface area is 115 Å². The molecule has 5 heteroatoms. The van der Waals surface area contributed by atoms with Gasteiger partial charge < -0.3 is 10.0 Å². The number of carbonyl (C=O) groups excluding carboxylic acids is 1. The monoisotopic (exact) mass is 270 g/mol. The van der Waals surface area contributed by atoms with Gasteiger partial charge in [-0.3, -0.25) is 14.5 Å². The predicted molar refractivity (Wildman–Crippen MR) is 74.0 cm³/mol. The zero-order valence-corrected chi connectivity index (χ0v) is 12.3. The molecule has 19 heavy (non-hydrogen) atoms. The molecular formula is C14H26N2O3. The van der Waals surface area contributed by atoms with Crippen LogP contribution in [0.15, 0.2) is 0 Å². The highest BCUT2D eigenvalue weighted by atomic mass is 16.4. The van der Waals surface area contributed by atoms with E-state index in [2.05, 4.69) is 4.90 Å². The van der Waals surface area contributed by atoms with Crippen molar-refractivity contribution in [3.05, 3.63) is 0 Å². The summed E-state index contributed by atoms with van der Waals surface area (Å²) in [6, 6.07) is 0. The Morgan fingerprint density at radius 3 is 2.16 bits per heavy atom. The fourth-order valence-corrected chi connectivity index (χ4v) is 2.91. The summed E-state index contributed by atoms with van der Waals surface area (Å²) < 4.78 is 0.